The number of rotatable bonds is 3. The second-order valence-corrected chi connectivity index (χ2v) is 3.53. The molecule has 1 amide bonds. The summed E-state index contributed by atoms with van der Waals surface area (Å²) in [5.41, 5.74) is 1.53. The van der Waals surface area contributed by atoms with Gasteiger partial charge in [-0.25, -0.2) is 0 Å². The second kappa shape index (κ2) is 5.16. The van der Waals surface area contributed by atoms with Crippen LogP contribution in [0.4, 0.5) is 0 Å². The molecular weight excluding hydrogens is 188 g/mol. The Hall–Kier alpha value is -1.82. The number of carbonyl (C=O) groups excluding carboxylic acids is 1. The summed E-state index contributed by atoms with van der Waals surface area (Å²) in [5, 5.41) is 2.80. The van der Waals surface area contributed by atoms with Gasteiger partial charge in [0.2, 0.25) is 0 Å². The third-order valence-electron chi connectivity index (χ3n) is 1.94. The third kappa shape index (κ3) is 3.43. The van der Waals surface area contributed by atoms with Crippen LogP contribution in [-0.4, -0.2) is 16.9 Å². The van der Waals surface area contributed by atoms with Gasteiger partial charge in [0.05, 0.1) is 5.56 Å². The Bertz CT molecular complexity index is 393. The first kappa shape index (κ1) is 11.3. The van der Waals surface area contributed by atoms with E-state index in [9.17, 15) is 4.79 Å². The topological polar surface area (TPSA) is 42.0 Å². The summed E-state index contributed by atoms with van der Waals surface area (Å²) in [5.74, 6) is 2.37. The quantitative estimate of drug-likeness (QED) is 0.755. The second-order valence-electron chi connectivity index (χ2n) is 3.53. The van der Waals surface area contributed by atoms with Crippen LogP contribution in [-0.2, 0) is 0 Å². The van der Waals surface area contributed by atoms with Crippen molar-refractivity contribution >= 4 is 5.91 Å². The first-order chi connectivity index (χ1) is 7.13. The summed E-state index contributed by atoms with van der Waals surface area (Å²) < 4.78 is 0. The Labute approximate surface area is 89.9 Å². The fourth-order valence-corrected chi connectivity index (χ4v) is 1.21. The lowest BCUT2D eigenvalue weighted by Crippen LogP contribution is -2.32. The van der Waals surface area contributed by atoms with Crippen LogP contribution < -0.4 is 5.32 Å². The minimum Gasteiger partial charge on any atom is -0.349 e. The van der Waals surface area contributed by atoms with Gasteiger partial charge in [-0.05, 0) is 25.5 Å². The lowest BCUT2D eigenvalue weighted by Gasteiger charge is -2.10. The molecule has 0 aromatic carbocycles. The van der Waals surface area contributed by atoms with Crippen LogP contribution in [0.15, 0.2) is 18.5 Å². The Morgan fingerprint density at radius 2 is 2.40 bits per heavy atom. The molecule has 0 saturated heterocycles. The lowest BCUT2D eigenvalue weighted by atomic mass is 10.2. The standard InChI is InChI=1S/C12H14N2O/c1-4-5-10(3)14-12(15)11-6-9(2)7-13-8-11/h1,6-8,10H,5H2,2-3H3,(H,14,15). The first-order valence-electron chi connectivity index (χ1n) is 4.79. The highest BCUT2D eigenvalue weighted by Crippen LogP contribution is 2.02. The molecule has 0 fully saturated rings. The number of nitrogens with one attached hydrogen (secondary N) is 1. The van der Waals surface area contributed by atoms with E-state index in [0.29, 0.717) is 12.0 Å². The van der Waals surface area contributed by atoms with Gasteiger partial charge in [-0.15, -0.1) is 12.3 Å². The molecule has 0 spiro atoms. The number of terminal acetylenes is 1. The van der Waals surface area contributed by atoms with E-state index in [1.165, 1.54) is 0 Å². The van der Waals surface area contributed by atoms with Crippen LogP contribution in [0.25, 0.3) is 0 Å². The number of pyridine rings is 1. The van der Waals surface area contributed by atoms with Gasteiger partial charge in [-0.1, -0.05) is 0 Å². The average molecular weight is 202 g/mol. The van der Waals surface area contributed by atoms with Gasteiger partial charge in [0.1, 0.15) is 0 Å². The van der Waals surface area contributed by atoms with E-state index in [1.807, 2.05) is 13.8 Å². The first-order valence-corrected chi connectivity index (χ1v) is 4.79. The van der Waals surface area contributed by atoms with Crippen LogP contribution in [0.1, 0.15) is 29.3 Å². The summed E-state index contributed by atoms with van der Waals surface area (Å²) in [6.45, 7) is 3.77. The molecule has 15 heavy (non-hydrogen) atoms. The van der Waals surface area contributed by atoms with Gasteiger partial charge >= 0.3 is 0 Å². The molecule has 0 bridgehead atoms. The zero-order valence-corrected chi connectivity index (χ0v) is 8.95. The molecule has 0 aliphatic heterocycles. The highest BCUT2D eigenvalue weighted by molar-refractivity contribution is 5.94. The number of amides is 1. The van der Waals surface area contributed by atoms with Crippen molar-refractivity contribution in [2.24, 2.45) is 0 Å². The van der Waals surface area contributed by atoms with E-state index in [0.717, 1.165) is 5.56 Å². The summed E-state index contributed by atoms with van der Waals surface area (Å²) in [7, 11) is 0. The van der Waals surface area contributed by atoms with Crippen LogP contribution in [0, 0.1) is 19.3 Å². The fraction of sp³-hybridized carbons (Fsp3) is 0.333. The summed E-state index contributed by atoms with van der Waals surface area (Å²) >= 11 is 0. The highest BCUT2D eigenvalue weighted by atomic mass is 16.1. The maximum absolute atomic E-state index is 11.7. The van der Waals surface area contributed by atoms with Gasteiger partial charge in [0.25, 0.3) is 5.91 Å². The van der Waals surface area contributed by atoms with Crippen LogP contribution in [0.2, 0.25) is 0 Å². The van der Waals surface area contributed by atoms with E-state index >= 15 is 0 Å². The lowest BCUT2D eigenvalue weighted by molar-refractivity contribution is 0.0940. The van der Waals surface area contributed by atoms with Gasteiger partial charge in [0, 0.05) is 24.9 Å². The van der Waals surface area contributed by atoms with Gasteiger partial charge in [0.15, 0.2) is 0 Å². The predicted molar refractivity (Wildman–Crippen MR) is 59.4 cm³/mol. The van der Waals surface area contributed by atoms with Crippen LogP contribution in [0.5, 0.6) is 0 Å². The Balaban J connectivity index is 2.66. The Morgan fingerprint density at radius 1 is 1.67 bits per heavy atom. The van der Waals surface area contributed by atoms with Crippen molar-refractivity contribution in [3.05, 3.63) is 29.6 Å². The molecule has 1 aromatic heterocycles. The molecule has 0 radical (unpaired) electrons. The number of nitrogens with zero attached hydrogens (tertiary/aromatic N) is 1. The van der Waals surface area contributed by atoms with E-state index in [2.05, 4.69) is 16.2 Å². The SMILES string of the molecule is C#CCC(C)NC(=O)c1cncc(C)c1. The maximum Gasteiger partial charge on any atom is 0.253 e. The zero-order chi connectivity index (χ0) is 11.3. The number of carbonyl (C=O) groups is 1. The Morgan fingerprint density at radius 3 is 3.00 bits per heavy atom. The van der Waals surface area contributed by atoms with Gasteiger partial charge < -0.3 is 5.32 Å². The van der Waals surface area contributed by atoms with Crippen LogP contribution in [0.3, 0.4) is 0 Å². The molecule has 0 aliphatic rings. The summed E-state index contributed by atoms with van der Waals surface area (Å²) in [6.07, 6.45) is 8.94. The third-order valence-corrected chi connectivity index (χ3v) is 1.94. The van der Waals surface area contributed by atoms with E-state index in [1.54, 1.807) is 18.5 Å². The largest absolute Gasteiger partial charge is 0.349 e. The van der Waals surface area contributed by atoms with Crippen molar-refractivity contribution < 1.29 is 4.79 Å². The average Bonchev–Trinajstić information content (AvgIpc) is 2.18. The van der Waals surface area contributed by atoms with Crippen molar-refractivity contribution in [3.63, 3.8) is 0 Å². The molecular formula is C12H14N2O. The number of aryl methyl sites for hydroxylation is 1. The fourth-order valence-electron chi connectivity index (χ4n) is 1.21. The van der Waals surface area contributed by atoms with Gasteiger partial charge in [-0.2, -0.15) is 0 Å². The smallest absolute Gasteiger partial charge is 0.253 e. The van der Waals surface area contributed by atoms with Crippen molar-refractivity contribution in [2.75, 3.05) is 0 Å². The number of hydrogen-bond donors (Lipinski definition) is 1. The number of hydrogen-bond acceptors (Lipinski definition) is 2. The monoisotopic (exact) mass is 202 g/mol. The molecule has 3 heteroatoms. The molecule has 1 rings (SSSR count). The van der Waals surface area contributed by atoms with E-state index < -0.39 is 0 Å². The molecule has 1 aromatic rings. The molecule has 78 valence electrons. The van der Waals surface area contributed by atoms with Crippen LogP contribution >= 0.6 is 0 Å². The van der Waals surface area contributed by atoms with Crippen molar-refractivity contribution in [2.45, 2.75) is 26.3 Å². The molecule has 1 unspecified atom stereocenters. The molecule has 0 aliphatic carbocycles. The van der Waals surface area contributed by atoms with Crippen molar-refractivity contribution in [1.82, 2.24) is 10.3 Å². The van der Waals surface area contributed by atoms with E-state index in [4.69, 9.17) is 6.42 Å². The Kier molecular flexibility index (Phi) is 3.87. The minimum absolute atomic E-state index is 0.0111. The molecule has 1 atom stereocenters. The number of aromatic nitrogens is 1. The van der Waals surface area contributed by atoms with Gasteiger partial charge in [-0.3, -0.25) is 9.78 Å². The zero-order valence-electron chi connectivity index (χ0n) is 8.95. The molecule has 1 heterocycles. The summed E-state index contributed by atoms with van der Waals surface area (Å²) in [4.78, 5) is 15.6. The van der Waals surface area contributed by atoms with Crippen molar-refractivity contribution in [3.8, 4) is 12.3 Å². The summed E-state index contributed by atoms with van der Waals surface area (Å²) in [6, 6.07) is 1.79. The minimum atomic E-state index is -0.131. The molecule has 3 nitrogen and oxygen atoms in total. The normalized spacial score (nSPS) is 11.5. The maximum atomic E-state index is 11.7. The molecule has 1 N–H and O–H groups in total. The molecule has 0 saturated carbocycles. The predicted octanol–water partition coefficient (Wildman–Crippen LogP) is 1.53. The van der Waals surface area contributed by atoms with Crippen molar-refractivity contribution in [1.29, 1.82) is 0 Å². The van der Waals surface area contributed by atoms with E-state index in [-0.39, 0.29) is 11.9 Å². The highest BCUT2D eigenvalue weighted by Gasteiger charge is 2.08.